The van der Waals surface area contributed by atoms with Crippen LogP contribution in [0.1, 0.15) is 44.6 Å². The largest absolute Gasteiger partial charge is 0.207 e. The maximum atomic E-state index is 12.7. The smallest absolute Gasteiger partial charge is 0.123 e. The lowest BCUT2D eigenvalue weighted by Crippen LogP contribution is -2.23. The van der Waals surface area contributed by atoms with Gasteiger partial charge >= 0.3 is 0 Å². The molecular formula is C14H19F. The van der Waals surface area contributed by atoms with Crippen molar-refractivity contribution in [3.8, 4) is 0 Å². The minimum atomic E-state index is -0.128. The van der Waals surface area contributed by atoms with Gasteiger partial charge in [0.15, 0.2) is 0 Å². The minimum absolute atomic E-state index is 0.128. The number of rotatable bonds is 3. The quantitative estimate of drug-likeness (QED) is 0.689. The van der Waals surface area contributed by atoms with Gasteiger partial charge in [-0.2, -0.15) is 0 Å². The van der Waals surface area contributed by atoms with Crippen molar-refractivity contribution in [3.05, 3.63) is 35.6 Å². The van der Waals surface area contributed by atoms with Crippen LogP contribution in [0.3, 0.4) is 0 Å². The lowest BCUT2D eigenvalue weighted by Gasteiger charge is -2.36. The highest BCUT2D eigenvalue weighted by molar-refractivity contribution is 5.22. The van der Waals surface area contributed by atoms with Crippen molar-refractivity contribution in [3.63, 3.8) is 0 Å². The van der Waals surface area contributed by atoms with Gasteiger partial charge in [0.2, 0.25) is 0 Å². The molecule has 1 heteroatoms. The Kier molecular flexibility index (Phi) is 3.08. The Morgan fingerprint density at radius 3 is 2.33 bits per heavy atom. The molecule has 2 rings (SSSR count). The van der Waals surface area contributed by atoms with E-state index in [4.69, 9.17) is 0 Å². The van der Waals surface area contributed by atoms with Gasteiger partial charge in [0.05, 0.1) is 0 Å². The SMILES string of the molecule is CC(C)CC1CC(c2ccc(F)cc2)C1. The molecule has 0 spiro atoms. The van der Waals surface area contributed by atoms with E-state index < -0.39 is 0 Å². The van der Waals surface area contributed by atoms with Crippen LogP contribution in [-0.4, -0.2) is 0 Å². The zero-order valence-corrected chi connectivity index (χ0v) is 9.54. The number of benzene rings is 1. The van der Waals surface area contributed by atoms with E-state index in [2.05, 4.69) is 13.8 Å². The van der Waals surface area contributed by atoms with Crippen LogP contribution in [0.5, 0.6) is 0 Å². The normalized spacial score (nSPS) is 25.3. The summed E-state index contributed by atoms with van der Waals surface area (Å²) in [5.74, 6) is 2.27. The summed E-state index contributed by atoms with van der Waals surface area (Å²) in [4.78, 5) is 0. The molecule has 0 nitrogen and oxygen atoms in total. The Labute approximate surface area is 91.5 Å². The van der Waals surface area contributed by atoms with Crippen LogP contribution in [0.15, 0.2) is 24.3 Å². The van der Waals surface area contributed by atoms with Gasteiger partial charge in [-0.1, -0.05) is 26.0 Å². The van der Waals surface area contributed by atoms with Crippen LogP contribution in [0.2, 0.25) is 0 Å². The molecule has 0 amide bonds. The molecule has 15 heavy (non-hydrogen) atoms. The molecule has 1 aromatic carbocycles. The van der Waals surface area contributed by atoms with E-state index in [-0.39, 0.29) is 5.82 Å². The summed E-state index contributed by atoms with van der Waals surface area (Å²) >= 11 is 0. The Bertz CT molecular complexity index is 307. The number of hydrogen-bond acceptors (Lipinski definition) is 0. The summed E-state index contributed by atoms with van der Waals surface area (Å²) in [6.45, 7) is 4.57. The second-order valence-corrected chi connectivity index (χ2v) is 5.22. The molecule has 1 fully saturated rings. The molecule has 1 aliphatic rings. The van der Waals surface area contributed by atoms with Crippen LogP contribution >= 0.6 is 0 Å². The van der Waals surface area contributed by atoms with Crippen LogP contribution < -0.4 is 0 Å². The fourth-order valence-electron chi connectivity index (χ4n) is 2.60. The molecule has 0 aliphatic heterocycles. The van der Waals surface area contributed by atoms with E-state index in [1.807, 2.05) is 12.1 Å². The highest BCUT2D eigenvalue weighted by Gasteiger charge is 2.30. The van der Waals surface area contributed by atoms with Crippen LogP contribution in [0.4, 0.5) is 4.39 Å². The molecular weight excluding hydrogens is 187 g/mol. The van der Waals surface area contributed by atoms with Crippen LogP contribution in [0.25, 0.3) is 0 Å². The summed E-state index contributed by atoms with van der Waals surface area (Å²) in [5, 5.41) is 0. The van der Waals surface area contributed by atoms with E-state index in [9.17, 15) is 4.39 Å². The molecule has 0 unspecified atom stereocenters. The second kappa shape index (κ2) is 4.34. The molecule has 0 saturated heterocycles. The van der Waals surface area contributed by atoms with E-state index >= 15 is 0 Å². The van der Waals surface area contributed by atoms with Crippen LogP contribution in [-0.2, 0) is 0 Å². The average molecular weight is 206 g/mol. The molecule has 1 aliphatic carbocycles. The third-order valence-electron chi connectivity index (χ3n) is 3.38. The van der Waals surface area contributed by atoms with Gasteiger partial charge in [-0.15, -0.1) is 0 Å². The first-order chi connectivity index (χ1) is 7.15. The predicted octanol–water partition coefficient (Wildman–Crippen LogP) is 4.37. The first-order valence-corrected chi connectivity index (χ1v) is 5.90. The summed E-state index contributed by atoms with van der Waals surface area (Å²) < 4.78 is 12.7. The standard InChI is InChI=1S/C14H19F/c1-10(2)7-11-8-13(9-11)12-3-5-14(15)6-4-12/h3-6,10-11,13H,7-9H2,1-2H3. The average Bonchev–Trinajstić information content (AvgIpc) is 2.12. The van der Waals surface area contributed by atoms with Crippen molar-refractivity contribution >= 4 is 0 Å². The highest BCUT2D eigenvalue weighted by Crippen LogP contribution is 2.44. The third kappa shape index (κ3) is 2.58. The van der Waals surface area contributed by atoms with E-state index in [0.717, 1.165) is 11.8 Å². The Hall–Kier alpha value is -0.850. The van der Waals surface area contributed by atoms with Crippen molar-refractivity contribution in [2.45, 2.75) is 39.0 Å². The topological polar surface area (TPSA) is 0 Å². The van der Waals surface area contributed by atoms with Gasteiger partial charge in [0, 0.05) is 0 Å². The van der Waals surface area contributed by atoms with Gasteiger partial charge in [-0.3, -0.25) is 0 Å². The summed E-state index contributed by atoms with van der Waals surface area (Å²) in [6.07, 6.45) is 3.94. The minimum Gasteiger partial charge on any atom is -0.207 e. The third-order valence-corrected chi connectivity index (χ3v) is 3.38. The Morgan fingerprint density at radius 2 is 1.80 bits per heavy atom. The summed E-state index contributed by atoms with van der Waals surface area (Å²) in [6, 6.07) is 7.02. The lowest BCUT2D eigenvalue weighted by molar-refractivity contribution is 0.223. The maximum Gasteiger partial charge on any atom is 0.123 e. The Morgan fingerprint density at radius 1 is 1.20 bits per heavy atom. The zero-order valence-electron chi connectivity index (χ0n) is 9.54. The van der Waals surface area contributed by atoms with E-state index in [1.54, 1.807) is 12.1 Å². The molecule has 1 aromatic rings. The van der Waals surface area contributed by atoms with Crippen molar-refractivity contribution < 1.29 is 4.39 Å². The second-order valence-electron chi connectivity index (χ2n) is 5.22. The van der Waals surface area contributed by atoms with Gasteiger partial charge in [-0.25, -0.2) is 4.39 Å². The van der Waals surface area contributed by atoms with Gasteiger partial charge in [-0.05, 0) is 54.7 Å². The molecule has 1 saturated carbocycles. The molecule has 0 aromatic heterocycles. The molecule has 0 N–H and O–H groups in total. The van der Waals surface area contributed by atoms with Gasteiger partial charge < -0.3 is 0 Å². The number of hydrogen-bond donors (Lipinski definition) is 0. The fraction of sp³-hybridized carbons (Fsp3) is 0.571. The predicted molar refractivity (Wildman–Crippen MR) is 61.3 cm³/mol. The molecule has 0 heterocycles. The molecule has 0 atom stereocenters. The highest BCUT2D eigenvalue weighted by atomic mass is 19.1. The van der Waals surface area contributed by atoms with Crippen LogP contribution in [0, 0.1) is 17.7 Å². The van der Waals surface area contributed by atoms with E-state index in [0.29, 0.717) is 5.92 Å². The van der Waals surface area contributed by atoms with Crippen molar-refractivity contribution in [2.24, 2.45) is 11.8 Å². The Balaban J connectivity index is 1.86. The fourth-order valence-corrected chi connectivity index (χ4v) is 2.60. The monoisotopic (exact) mass is 206 g/mol. The van der Waals surface area contributed by atoms with Crippen molar-refractivity contribution in [1.29, 1.82) is 0 Å². The van der Waals surface area contributed by atoms with E-state index in [1.165, 1.54) is 24.8 Å². The molecule has 0 radical (unpaired) electrons. The molecule has 82 valence electrons. The van der Waals surface area contributed by atoms with Gasteiger partial charge in [0.25, 0.3) is 0 Å². The maximum absolute atomic E-state index is 12.7. The lowest BCUT2D eigenvalue weighted by atomic mass is 9.69. The van der Waals surface area contributed by atoms with Crippen molar-refractivity contribution in [1.82, 2.24) is 0 Å². The molecule has 0 bridgehead atoms. The first kappa shape index (κ1) is 10.7. The first-order valence-electron chi connectivity index (χ1n) is 5.90. The van der Waals surface area contributed by atoms with Gasteiger partial charge in [0.1, 0.15) is 5.82 Å². The summed E-state index contributed by atoms with van der Waals surface area (Å²) in [7, 11) is 0. The zero-order chi connectivity index (χ0) is 10.8. The van der Waals surface area contributed by atoms with Crippen molar-refractivity contribution in [2.75, 3.05) is 0 Å². The number of halogens is 1. The summed E-state index contributed by atoms with van der Waals surface area (Å²) in [5.41, 5.74) is 1.32.